The van der Waals surface area contributed by atoms with E-state index >= 15 is 0 Å². The largest absolute Gasteiger partial charge is 0.497 e. The fourth-order valence-electron chi connectivity index (χ4n) is 3.85. The molecule has 1 heterocycles. The van der Waals surface area contributed by atoms with Crippen molar-refractivity contribution in [2.75, 3.05) is 39.8 Å². The van der Waals surface area contributed by atoms with Crippen molar-refractivity contribution in [3.63, 3.8) is 0 Å². The first-order valence-corrected chi connectivity index (χ1v) is 12.2. The fourth-order valence-corrected chi connectivity index (χ4v) is 5.39. The maximum atomic E-state index is 14.0. The average Bonchev–Trinajstić information content (AvgIpc) is 2.77. The number of ether oxygens (including phenoxy) is 1. The number of sulfonamides is 1. The maximum absolute atomic E-state index is 14.0. The lowest BCUT2D eigenvalue weighted by molar-refractivity contribution is -0.123. The molecular formula is C23H29F2N3O4S. The third-order valence-corrected chi connectivity index (χ3v) is 7.62. The molecule has 0 bridgehead atoms. The molecule has 0 radical (unpaired) electrons. The lowest BCUT2D eigenvalue weighted by atomic mass is 9.96. The molecule has 1 unspecified atom stereocenters. The Hall–Kier alpha value is -2.56. The van der Waals surface area contributed by atoms with Crippen LogP contribution in [0.2, 0.25) is 0 Å². The van der Waals surface area contributed by atoms with Crippen molar-refractivity contribution in [2.45, 2.75) is 24.8 Å². The van der Waals surface area contributed by atoms with Crippen molar-refractivity contribution in [1.29, 1.82) is 0 Å². The number of hydrogen-bond donors (Lipinski definition) is 1. The van der Waals surface area contributed by atoms with Gasteiger partial charge in [-0.3, -0.25) is 9.69 Å². The predicted molar refractivity (Wildman–Crippen MR) is 120 cm³/mol. The highest BCUT2D eigenvalue weighted by molar-refractivity contribution is 7.89. The van der Waals surface area contributed by atoms with Gasteiger partial charge in [-0.05, 0) is 35.7 Å². The Bertz CT molecular complexity index is 1050. The van der Waals surface area contributed by atoms with Crippen LogP contribution in [-0.2, 0) is 14.8 Å². The lowest BCUT2D eigenvalue weighted by Crippen LogP contribution is -2.51. The Balaban J connectivity index is 1.59. The molecule has 0 aliphatic carbocycles. The number of nitrogens with zero attached hydrogens (tertiary/aromatic N) is 2. The number of piperazine rings is 1. The number of carbonyl (C=O) groups excluding carboxylic acids is 1. The molecule has 1 amide bonds. The molecule has 2 aromatic carbocycles. The number of carbonyl (C=O) groups is 1. The number of nitrogens with one attached hydrogen (secondary N) is 1. The van der Waals surface area contributed by atoms with Gasteiger partial charge < -0.3 is 10.1 Å². The molecule has 0 aromatic heterocycles. The van der Waals surface area contributed by atoms with Gasteiger partial charge in [-0.15, -0.1) is 0 Å². The van der Waals surface area contributed by atoms with E-state index < -0.39 is 26.6 Å². The van der Waals surface area contributed by atoms with Crippen LogP contribution in [-0.4, -0.2) is 63.4 Å². The van der Waals surface area contributed by atoms with Gasteiger partial charge in [-0.25, -0.2) is 17.2 Å². The van der Waals surface area contributed by atoms with E-state index in [1.165, 1.54) is 0 Å². The number of methoxy groups -OCH3 is 1. The maximum Gasteiger partial charge on any atom is 0.249 e. The molecule has 1 atom stereocenters. The zero-order valence-corrected chi connectivity index (χ0v) is 19.7. The third kappa shape index (κ3) is 5.87. The minimum Gasteiger partial charge on any atom is -0.497 e. The van der Waals surface area contributed by atoms with Crippen LogP contribution in [0.1, 0.15) is 25.5 Å². The van der Waals surface area contributed by atoms with Crippen LogP contribution >= 0.6 is 0 Å². The van der Waals surface area contributed by atoms with Crippen LogP contribution in [0.25, 0.3) is 0 Å². The molecule has 1 N–H and O–H groups in total. The molecule has 2 aromatic rings. The second-order valence-corrected chi connectivity index (χ2v) is 10.2. The summed E-state index contributed by atoms with van der Waals surface area (Å²) >= 11 is 0. The minimum atomic E-state index is -4.30. The first kappa shape index (κ1) is 25.1. The summed E-state index contributed by atoms with van der Waals surface area (Å²) in [4.78, 5) is 13.6. The van der Waals surface area contributed by atoms with Crippen molar-refractivity contribution in [1.82, 2.24) is 14.5 Å². The standard InChI is InChI=1S/C23H29F2N3O4S/c1-16(2)22(17-7-9-18(32-3)10-8-17)26-21(29)15-27-11-13-28(14-12-27)33(30,31)23-19(24)5-4-6-20(23)25/h4-10,16,22H,11-15H2,1-3H3,(H,26,29). The van der Waals surface area contributed by atoms with Crippen LogP contribution < -0.4 is 10.1 Å². The quantitative estimate of drug-likeness (QED) is 0.627. The van der Waals surface area contributed by atoms with Gasteiger partial charge in [0.25, 0.3) is 0 Å². The molecule has 3 rings (SSSR count). The molecule has 1 aliphatic rings. The van der Waals surface area contributed by atoms with E-state index in [9.17, 15) is 22.0 Å². The summed E-state index contributed by atoms with van der Waals surface area (Å²) in [6.45, 7) is 4.75. The van der Waals surface area contributed by atoms with E-state index in [4.69, 9.17) is 4.74 Å². The van der Waals surface area contributed by atoms with E-state index in [-0.39, 0.29) is 50.6 Å². The highest BCUT2D eigenvalue weighted by Crippen LogP contribution is 2.25. The second kappa shape index (κ2) is 10.6. The van der Waals surface area contributed by atoms with Crippen molar-refractivity contribution < 1.29 is 26.7 Å². The highest BCUT2D eigenvalue weighted by atomic mass is 32.2. The normalized spacial score (nSPS) is 16.5. The number of rotatable bonds is 8. The number of halogens is 2. The van der Waals surface area contributed by atoms with E-state index in [0.29, 0.717) is 0 Å². The van der Waals surface area contributed by atoms with Gasteiger partial charge in [-0.1, -0.05) is 32.0 Å². The van der Waals surface area contributed by atoms with Crippen LogP contribution in [0.4, 0.5) is 8.78 Å². The van der Waals surface area contributed by atoms with Crippen molar-refractivity contribution in [3.05, 3.63) is 59.7 Å². The second-order valence-electron chi connectivity index (χ2n) is 8.29. The zero-order valence-electron chi connectivity index (χ0n) is 18.9. The summed E-state index contributed by atoms with van der Waals surface area (Å²) in [7, 11) is -2.71. The fraction of sp³-hybridized carbons (Fsp3) is 0.435. The molecule has 1 fully saturated rings. The molecule has 1 saturated heterocycles. The van der Waals surface area contributed by atoms with Crippen molar-refractivity contribution >= 4 is 15.9 Å². The molecule has 1 aliphatic heterocycles. The van der Waals surface area contributed by atoms with Gasteiger partial charge in [0.1, 0.15) is 17.4 Å². The first-order valence-electron chi connectivity index (χ1n) is 10.7. The molecular weight excluding hydrogens is 452 g/mol. The Morgan fingerprint density at radius 2 is 1.61 bits per heavy atom. The number of benzene rings is 2. The molecule has 0 saturated carbocycles. The van der Waals surface area contributed by atoms with Gasteiger partial charge in [0.05, 0.1) is 19.7 Å². The van der Waals surface area contributed by atoms with Crippen LogP contribution in [0.15, 0.2) is 47.4 Å². The van der Waals surface area contributed by atoms with E-state index in [1.54, 1.807) is 7.11 Å². The zero-order chi connectivity index (χ0) is 24.2. The molecule has 7 nitrogen and oxygen atoms in total. The Morgan fingerprint density at radius 3 is 2.12 bits per heavy atom. The summed E-state index contributed by atoms with van der Waals surface area (Å²) in [5, 5.41) is 3.05. The summed E-state index contributed by atoms with van der Waals surface area (Å²) in [5.74, 6) is -1.53. The van der Waals surface area contributed by atoms with Crippen molar-refractivity contribution in [3.8, 4) is 5.75 Å². The first-order chi connectivity index (χ1) is 15.6. The molecule has 33 heavy (non-hydrogen) atoms. The minimum absolute atomic E-state index is 0.0372. The Kier molecular flexibility index (Phi) is 8.04. The van der Waals surface area contributed by atoms with Gasteiger partial charge in [-0.2, -0.15) is 4.31 Å². The Morgan fingerprint density at radius 1 is 1.03 bits per heavy atom. The monoisotopic (exact) mass is 481 g/mol. The predicted octanol–water partition coefficient (Wildman–Crippen LogP) is 2.79. The van der Waals surface area contributed by atoms with E-state index in [2.05, 4.69) is 5.32 Å². The Labute approximate surface area is 193 Å². The molecule has 0 spiro atoms. The van der Waals surface area contributed by atoms with Crippen LogP contribution in [0, 0.1) is 17.6 Å². The van der Waals surface area contributed by atoms with Crippen LogP contribution in [0.3, 0.4) is 0 Å². The average molecular weight is 482 g/mol. The topological polar surface area (TPSA) is 79.0 Å². The molecule has 180 valence electrons. The molecule has 10 heteroatoms. The van der Waals surface area contributed by atoms with Gasteiger partial charge >= 0.3 is 0 Å². The number of amides is 1. The third-order valence-electron chi connectivity index (χ3n) is 5.67. The summed E-state index contributed by atoms with van der Waals surface area (Å²) < 4.78 is 59.7. The van der Waals surface area contributed by atoms with Crippen LogP contribution in [0.5, 0.6) is 5.75 Å². The lowest BCUT2D eigenvalue weighted by Gasteiger charge is -2.34. The SMILES string of the molecule is COc1ccc(C(NC(=O)CN2CCN(S(=O)(=O)c3c(F)cccc3F)CC2)C(C)C)cc1. The highest BCUT2D eigenvalue weighted by Gasteiger charge is 2.33. The van der Waals surface area contributed by atoms with Gasteiger partial charge in [0.2, 0.25) is 15.9 Å². The summed E-state index contributed by atoms with van der Waals surface area (Å²) in [6.07, 6.45) is 0. The summed E-state index contributed by atoms with van der Waals surface area (Å²) in [6, 6.07) is 10.3. The smallest absolute Gasteiger partial charge is 0.249 e. The van der Waals surface area contributed by atoms with E-state index in [1.807, 2.05) is 43.0 Å². The van der Waals surface area contributed by atoms with Crippen molar-refractivity contribution in [2.24, 2.45) is 5.92 Å². The number of hydrogen-bond acceptors (Lipinski definition) is 5. The summed E-state index contributed by atoms with van der Waals surface area (Å²) in [5.41, 5.74) is 0.960. The van der Waals surface area contributed by atoms with E-state index in [0.717, 1.165) is 33.8 Å². The van der Waals surface area contributed by atoms with Gasteiger partial charge in [0, 0.05) is 26.2 Å². The van der Waals surface area contributed by atoms with Gasteiger partial charge in [0.15, 0.2) is 4.90 Å².